The Morgan fingerprint density at radius 3 is 2.25 bits per heavy atom. The van der Waals surface area contributed by atoms with Crippen molar-refractivity contribution in [2.45, 2.75) is 51.4 Å². The van der Waals surface area contributed by atoms with Gasteiger partial charge in [-0.05, 0) is 56.2 Å². The fraction of sp³-hybridized carbons (Fsp3) is 0.333. The monoisotopic (exact) mass is 432 g/mol. The van der Waals surface area contributed by atoms with Crippen molar-refractivity contribution in [3.8, 4) is 0 Å². The second kappa shape index (κ2) is 7.47. The van der Waals surface area contributed by atoms with Gasteiger partial charge in [0.2, 0.25) is 11.8 Å². The summed E-state index contributed by atoms with van der Waals surface area (Å²) >= 11 is 0. The number of nitrogens with one attached hydrogen (secondary N) is 1. The van der Waals surface area contributed by atoms with Crippen LogP contribution in [-0.2, 0) is 16.1 Å². The van der Waals surface area contributed by atoms with Crippen LogP contribution in [0.5, 0.6) is 0 Å². The van der Waals surface area contributed by atoms with E-state index in [1.807, 2.05) is 50.2 Å². The molecule has 0 aliphatic carbocycles. The molecule has 5 rings (SSSR count). The van der Waals surface area contributed by atoms with Crippen molar-refractivity contribution >= 4 is 35.1 Å². The number of piperidine rings is 1. The third-order valence-electron chi connectivity index (χ3n) is 6.74. The van der Waals surface area contributed by atoms with Crippen LogP contribution < -0.4 is 15.1 Å². The number of benzene rings is 2. The van der Waals surface area contributed by atoms with E-state index in [-0.39, 0.29) is 42.9 Å². The highest BCUT2D eigenvalue weighted by atomic mass is 16.2. The molecule has 164 valence electrons. The van der Waals surface area contributed by atoms with Gasteiger partial charge in [0.25, 0.3) is 5.91 Å². The number of carbonyl (C=O) groups excluding carboxylic acids is 4. The van der Waals surface area contributed by atoms with Crippen LogP contribution in [0, 0.1) is 0 Å². The largest absolute Gasteiger partial charge is 0.329 e. The Labute approximate surface area is 185 Å². The van der Waals surface area contributed by atoms with E-state index in [2.05, 4.69) is 5.32 Å². The predicted molar refractivity (Wildman–Crippen MR) is 118 cm³/mol. The maximum Gasteiger partial charge on any atom is 0.329 e. The van der Waals surface area contributed by atoms with E-state index < -0.39 is 11.9 Å². The molecule has 0 spiro atoms. The van der Waals surface area contributed by atoms with Gasteiger partial charge in [-0.15, -0.1) is 0 Å². The molecule has 0 bridgehead atoms. The van der Waals surface area contributed by atoms with Crippen LogP contribution in [0.15, 0.2) is 48.5 Å². The molecule has 1 N–H and O–H groups in total. The van der Waals surface area contributed by atoms with Gasteiger partial charge in [-0.25, -0.2) is 4.79 Å². The summed E-state index contributed by atoms with van der Waals surface area (Å²) in [6.45, 7) is 4.32. The van der Waals surface area contributed by atoms with Crippen molar-refractivity contribution in [1.82, 2.24) is 10.2 Å². The fourth-order valence-electron chi connectivity index (χ4n) is 4.89. The number of anilines is 2. The molecular formula is C24H24N4O4. The smallest absolute Gasteiger partial charge is 0.322 e. The number of hydrogen-bond acceptors (Lipinski definition) is 4. The molecule has 2 saturated heterocycles. The molecular weight excluding hydrogens is 408 g/mol. The van der Waals surface area contributed by atoms with Crippen LogP contribution in [0.3, 0.4) is 0 Å². The Morgan fingerprint density at radius 2 is 1.56 bits per heavy atom. The molecule has 0 saturated carbocycles. The number of para-hydroxylation sites is 1. The number of fused-ring (bicyclic) bond motifs is 1. The summed E-state index contributed by atoms with van der Waals surface area (Å²) in [5, 5.41) is 2.32. The molecule has 3 heterocycles. The molecule has 5 amide bonds. The molecule has 8 nitrogen and oxygen atoms in total. The normalized spacial score (nSPS) is 25.4. The number of imide groups is 1. The summed E-state index contributed by atoms with van der Waals surface area (Å²) in [7, 11) is 0. The number of urea groups is 1. The van der Waals surface area contributed by atoms with E-state index in [9.17, 15) is 19.2 Å². The van der Waals surface area contributed by atoms with E-state index in [0.29, 0.717) is 12.0 Å². The van der Waals surface area contributed by atoms with Gasteiger partial charge in [-0.2, -0.15) is 0 Å². The SMILES string of the molecule is CC1C(C)N(c2ccc3c(c2)CN(C2CCC(=O)NC2=O)C3=O)C(=O)N1c1ccccc1. The number of amides is 5. The first-order valence-electron chi connectivity index (χ1n) is 10.8. The summed E-state index contributed by atoms with van der Waals surface area (Å²) in [4.78, 5) is 55.1. The number of hydrogen-bond donors (Lipinski definition) is 1. The standard InChI is InChI=1S/C24H24N4O4/c1-14-15(2)28(24(32)27(14)17-6-4-3-5-7-17)18-8-9-19-16(12-18)13-26(23(19)31)20-10-11-21(29)25-22(20)30/h3-9,12,14-15,20H,10-11,13H2,1-2H3,(H,25,29,30). The van der Waals surface area contributed by atoms with Crippen molar-refractivity contribution in [2.75, 3.05) is 9.80 Å². The van der Waals surface area contributed by atoms with E-state index in [1.54, 1.807) is 21.9 Å². The molecule has 3 aliphatic rings. The lowest BCUT2D eigenvalue weighted by Gasteiger charge is -2.29. The van der Waals surface area contributed by atoms with Gasteiger partial charge in [0.05, 0.1) is 12.1 Å². The summed E-state index contributed by atoms with van der Waals surface area (Å²) in [6.07, 6.45) is 0.539. The average Bonchev–Trinajstić information content (AvgIpc) is 3.21. The quantitative estimate of drug-likeness (QED) is 0.755. The van der Waals surface area contributed by atoms with Crippen LogP contribution in [-0.4, -0.2) is 46.8 Å². The first-order valence-corrected chi connectivity index (χ1v) is 10.8. The maximum absolute atomic E-state index is 13.4. The van der Waals surface area contributed by atoms with Gasteiger partial charge < -0.3 is 4.90 Å². The Balaban J connectivity index is 1.42. The number of rotatable bonds is 3. The fourth-order valence-corrected chi connectivity index (χ4v) is 4.89. The summed E-state index contributed by atoms with van der Waals surface area (Å²) in [5.41, 5.74) is 2.89. The van der Waals surface area contributed by atoms with Gasteiger partial charge in [0.1, 0.15) is 6.04 Å². The first kappa shape index (κ1) is 20.2. The summed E-state index contributed by atoms with van der Waals surface area (Å²) in [6, 6.07) is 14.1. The first-order chi connectivity index (χ1) is 15.4. The lowest BCUT2D eigenvalue weighted by Crippen LogP contribution is -2.52. The molecule has 8 heteroatoms. The Kier molecular flexibility index (Phi) is 4.73. The minimum Gasteiger partial charge on any atom is -0.322 e. The molecule has 0 aromatic heterocycles. The molecule has 0 radical (unpaired) electrons. The molecule has 3 unspecified atom stereocenters. The van der Waals surface area contributed by atoms with Crippen LogP contribution >= 0.6 is 0 Å². The van der Waals surface area contributed by atoms with E-state index in [0.717, 1.165) is 16.9 Å². The minimum atomic E-state index is -0.656. The van der Waals surface area contributed by atoms with Crippen molar-refractivity contribution in [3.05, 3.63) is 59.7 Å². The zero-order chi connectivity index (χ0) is 22.6. The van der Waals surface area contributed by atoms with Crippen LogP contribution in [0.4, 0.5) is 16.2 Å². The Morgan fingerprint density at radius 1 is 0.875 bits per heavy atom. The minimum absolute atomic E-state index is 0.0280. The highest BCUT2D eigenvalue weighted by Gasteiger charge is 2.44. The highest BCUT2D eigenvalue weighted by molar-refractivity contribution is 6.09. The van der Waals surface area contributed by atoms with Gasteiger partial charge in [0, 0.05) is 29.9 Å². The zero-order valence-electron chi connectivity index (χ0n) is 17.9. The lowest BCUT2D eigenvalue weighted by atomic mass is 10.0. The zero-order valence-corrected chi connectivity index (χ0v) is 17.9. The third kappa shape index (κ3) is 3.05. The molecule has 2 aromatic rings. The van der Waals surface area contributed by atoms with Gasteiger partial charge in [0.15, 0.2) is 0 Å². The van der Waals surface area contributed by atoms with Crippen molar-refractivity contribution in [3.63, 3.8) is 0 Å². The molecule has 3 aliphatic heterocycles. The van der Waals surface area contributed by atoms with Crippen LogP contribution in [0.1, 0.15) is 42.6 Å². The van der Waals surface area contributed by atoms with E-state index >= 15 is 0 Å². The lowest BCUT2D eigenvalue weighted by molar-refractivity contribution is -0.136. The summed E-state index contributed by atoms with van der Waals surface area (Å²) in [5.74, 6) is -0.962. The predicted octanol–water partition coefficient (Wildman–Crippen LogP) is 2.67. The van der Waals surface area contributed by atoms with Gasteiger partial charge >= 0.3 is 6.03 Å². The number of carbonyl (C=O) groups is 4. The maximum atomic E-state index is 13.4. The third-order valence-corrected chi connectivity index (χ3v) is 6.74. The van der Waals surface area contributed by atoms with Crippen molar-refractivity contribution in [1.29, 1.82) is 0 Å². The molecule has 2 aromatic carbocycles. The Bertz CT molecular complexity index is 1130. The molecule has 2 fully saturated rings. The molecule has 3 atom stereocenters. The van der Waals surface area contributed by atoms with Gasteiger partial charge in [-0.3, -0.25) is 29.5 Å². The highest BCUT2D eigenvalue weighted by Crippen LogP contribution is 2.36. The Hall–Kier alpha value is -3.68. The van der Waals surface area contributed by atoms with Crippen molar-refractivity contribution in [2.24, 2.45) is 0 Å². The van der Waals surface area contributed by atoms with Crippen LogP contribution in [0.2, 0.25) is 0 Å². The van der Waals surface area contributed by atoms with Crippen molar-refractivity contribution < 1.29 is 19.2 Å². The second-order valence-electron chi connectivity index (χ2n) is 8.58. The second-order valence-corrected chi connectivity index (χ2v) is 8.58. The van der Waals surface area contributed by atoms with E-state index in [4.69, 9.17) is 0 Å². The average molecular weight is 432 g/mol. The summed E-state index contributed by atoms with van der Waals surface area (Å²) < 4.78 is 0. The van der Waals surface area contributed by atoms with Gasteiger partial charge in [-0.1, -0.05) is 18.2 Å². The molecule has 32 heavy (non-hydrogen) atoms. The topological polar surface area (TPSA) is 90.0 Å². The number of nitrogens with zero attached hydrogens (tertiary/aromatic N) is 3. The van der Waals surface area contributed by atoms with Crippen LogP contribution in [0.25, 0.3) is 0 Å². The van der Waals surface area contributed by atoms with E-state index in [1.165, 1.54) is 4.90 Å².